The molecule has 0 aliphatic rings. The predicted octanol–water partition coefficient (Wildman–Crippen LogP) is 2.23. The molecule has 0 rings (SSSR count). The van der Waals surface area contributed by atoms with Crippen molar-refractivity contribution in [3.05, 3.63) is 0 Å². The van der Waals surface area contributed by atoms with Crippen molar-refractivity contribution in [2.75, 3.05) is 40.4 Å². The van der Waals surface area contributed by atoms with Crippen molar-refractivity contribution >= 4 is 11.9 Å². The first kappa shape index (κ1) is 20.9. The number of hydrogen-bond donors (Lipinski definition) is 0. The van der Waals surface area contributed by atoms with E-state index in [0.717, 1.165) is 25.7 Å². The molecule has 0 spiro atoms. The van der Waals surface area contributed by atoms with Crippen LogP contribution in [0.15, 0.2) is 0 Å². The number of esters is 2. The Labute approximate surface area is 134 Å². The molecule has 0 aliphatic carbocycles. The quantitative estimate of drug-likeness (QED) is 0.295. The molecule has 0 radical (unpaired) electrons. The van der Waals surface area contributed by atoms with Crippen LogP contribution in [0.4, 0.5) is 0 Å². The van der Waals surface area contributed by atoms with Crippen molar-refractivity contribution in [1.29, 1.82) is 0 Å². The smallest absolute Gasteiger partial charge is 0.307 e. The molecule has 0 aromatic carbocycles. The highest BCUT2D eigenvalue weighted by Gasteiger charge is 2.13. The van der Waals surface area contributed by atoms with Gasteiger partial charge in [0.1, 0.15) is 0 Å². The molecular formula is C16H32N2O4. The van der Waals surface area contributed by atoms with Crippen LogP contribution in [0.3, 0.4) is 0 Å². The maximum atomic E-state index is 11.6. The van der Waals surface area contributed by atoms with Crippen LogP contribution in [-0.2, 0) is 19.1 Å². The first-order valence-electron chi connectivity index (χ1n) is 8.24. The van der Waals surface area contributed by atoms with Gasteiger partial charge in [-0.3, -0.25) is 9.59 Å². The van der Waals surface area contributed by atoms with Crippen LogP contribution in [0.2, 0.25) is 0 Å². The Kier molecular flexibility index (Phi) is 12.8. The summed E-state index contributed by atoms with van der Waals surface area (Å²) >= 11 is 0. The van der Waals surface area contributed by atoms with Crippen molar-refractivity contribution in [2.24, 2.45) is 0 Å². The molecule has 0 aromatic heterocycles. The Morgan fingerprint density at radius 2 is 1.23 bits per heavy atom. The van der Waals surface area contributed by atoms with E-state index in [2.05, 4.69) is 13.8 Å². The van der Waals surface area contributed by atoms with E-state index in [1.165, 1.54) is 0 Å². The van der Waals surface area contributed by atoms with Gasteiger partial charge in [0.25, 0.3) is 0 Å². The molecule has 0 bridgehead atoms. The second-order valence-corrected chi connectivity index (χ2v) is 5.45. The van der Waals surface area contributed by atoms with Gasteiger partial charge in [-0.15, -0.1) is 0 Å². The SMILES string of the molecule is CCCCOC(=O)CCN(CCC(=O)OCCCC)N(C)C. The lowest BCUT2D eigenvalue weighted by Crippen LogP contribution is -2.40. The van der Waals surface area contributed by atoms with Crippen LogP contribution in [-0.4, -0.2) is 62.4 Å². The van der Waals surface area contributed by atoms with Gasteiger partial charge < -0.3 is 9.47 Å². The van der Waals surface area contributed by atoms with Crippen molar-refractivity contribution in [3.63, 3.8) is 0 Å². The van der Waals surface area contributed by atoms with Crippen molar-refractivity contribution < 1.29 is 19.1 Å². The first-order valence-corrected chi connectivity index (χ1v) is 8.24. The molecular weight excluding hydrogens is 284 g/mol. The summed E-state index contributed by atoms with van der Waals surface area (Å²) in [4.78, 5) is 23.2. The van der Waals surface area contributed by atoms with E-state index in [0.29, 0.717) is 39.1 Å². The molecule has 0 aliphatic heterocycles. The number of hydrazine groups is 1. The highest BCUT2D eigenvalue weighted by molar-refractivity contribution is 5.70. The molecule has 0 amide bonds. The van der Waals surface area contributed by atoms with Crippen LogP contribution >= 0.6 is 0 Å². The van der Waals surface area contributed by atoms with E-state index in [1.807, 2.05) is 24.1 Å². The molecule has 130 valence electrons. The van der Waals surface area contributed by atoms with Crippen LogP contribution in [0.25, 0.3) is 0 Å². The summed E-state index contributed by atoms with van der Waals surface area (Å²) in [5.74, 6) is -0.378. The summed E-state index contributed by atoms with van der Waals surface area (Å²) in [7, 11) is 3.79. The number of hydrogen-bond acceptors (Lipinski definition) is 6. The van der Waals surface area contributed by atoms with Gasteiger partial charge in [0.2, 0.25) is 0 Å². The van der Waals surface area contributed by atoms with Gasteiger partial charge in [0.05, 0.1) is 26.1 Å². The average molecular weight is 316 g/mol. The summed E-state index contributed by atoms with van der Waals surface area (Å²) in [6.45, 7) is 6.17. The highest BCUT2D eigenvalue weighted by Crippen LogP contribution is 2.01. The number of unbranched alkanes of at least 4 members (excludes halogenated alkanes) is 2. The van der Waals surface area contributed by atoms with E-state index in [4.69, 9.17) is 9.47 Å². The Morgan fingerprint density at radius 1 is 0.818 bits per heavy atom. The van der Waals surface area contributed by atoms with Crippen molar-refractivity contribution in [3.8, 4) is 0 Å². The monoisotopic (exact) mass is 316 g/mol. The summed E-state index contributed by atoms with van der Waals surface area (Å²) in [5, 5.41) is 3.83. The summed E-state index contributed by atoms with van der Waals surface area (Å²) in [6, 6.07) is 0. The molecule has 0 heterocycles. The van der Waals surface area contributed by atoms with E-state index in [9.17, 15) is 9.59 Å². The molecule has 0 atom stereocenters. The maximum absolute atomic E-state index is 11.6. The normalized spacial score (nSPS) is 11.0. The van der Waals surface area contributed by atoms with Crippen molar-refractivity contribution in [1.82, 2.24) is 10.0 Å². The second kappa shape index (κ2) is 13.5. The summed E-state index contributed by atoms with van der Waals surface area (Å²) in [5.41, 5.74) is 0. The van der Waals surface area contributed by atoms with Gasteiger partial charge in [-0.05, 0) is 12.8 Å². The predicted molar refractivity (Wildman–Crippen MR) is 86.2 cm³/mol. The number of rotatable bonds is 13. The summed E-state index contributed by atoms with van der Waals surface area (Å²) in [6.07, 6.45) is 4.47. The minimum absolute atomic E-state index is 0.189. The minimum Gasteiger partial charge on any atom is -0.466 e. The third-order valence-corrected chi connectivity index (χ3v) is 3.24. The zero-order chi connectivity index (χ0) is 16.8. The van der Waals surface area contributed by atoms with Gasteiger partial charge in [-0.2, -0.15) is 0 Å². The van der Waals surface area contributed by atoms with E-state index in [1.54, 1.807) is 0 Å². The second-order valence-electron chi connectivity index (χ2n) is 5.45. The van der Waals surface area contributed by atoms with Gasteiger partial charge in [0.15, 0.2) is 0 Å². The fraction of sp³-hybridized carbons (Fsp3) is 0.875. The number of carbonyl (C=O) groups is 2. The molecule has 22 heavy (non-hydrogen) atoms. The highest BCUT2D eigenvalue weighted by atomic mass is 16.5. The van der Waals surface area contributed by atoms with Gasteiger partial charge in [-0.1, -0.05) is 26.7 Å². The molecule has 0 aromatic rings. The molecule has 0 fully saturated rings. The Bertz CT molecular complexity index is 283. The Hall–Kier alpha value is -1.14. The van der Waals surface area contributed by atoms with Crippen LogP contribution in [0, 0.1) is 0 Å². The fourth-order valence-corrected chi connectivity index (χ4v) is 1.76. The summed E-state index contributed by atoms with van der Waals surface area (Å²) < 4.78 is 10.3. The minimum atomic E-state index is -0.189. The number of ether oxygens (including phenoxy) is 2. The lowest BCUT2D eigenvalue weighted by molar-refractivity contribution is -0.146. The topological polar surface area (TPSA) is 59.1 Å². The Morgan fingerprint density at radius 3 is 1.55 bits per heavy atom. The average Bonchev–Trinajstić information content (AvgIpc) is 2.47. The Balaban J connectivity index is 3.95. The zero-order valence-electron chi connectivity index (χ0n) is 14.6. The third kappa shape index (κ3) is 11.5. The van der Waals surface area contributed by atoms with Gasteiger partial charge in [0, 0.05) is 27.2 Å². The molecule has 6 nitrogen and oxygen atoms in total. The molecule has 0 saturated heterocycles. The van der Waals surface area contributed by atoms with E-state index >= 15 is 0 Å². The lowest BCUT2D eigenvalue weighted by atomic mass is 10.3. The standard InChI is InChI=1S/C16H32N2O4/c1-5-7-13-21-15(19)9-11-18(17(3)4)12-10-16(20)22-14-8-6-2/h5-14H2,1-4H3. The van der Waals surface area contributed by atoms with Gasteiger partial charge >= 0.3 is 11.9 Å². The molecule has 6 heteroatoms. The van der Waals surface area contributed by atoms with Gasteiger partial charge in [-0.25, -0.2) is 10.0 Å². The molecule has 0 saturated carbocycles. The van der Waals surface area contributed by atoms with Crippen LogP contribution < -0.4 is 0 Å². The largest absolute Gasteiger partial charge is 0.466 e. The van der Waals surface area contributed by atoms with E-state index in [-0.39, 0.29) is 11.9 Å². The van der Waals surface area contributed by atoms with E-state index < -0.39 is 0 Å². The van der Waals surface area contributed by atoms with Crippen molar-refractivity contribution in [2.45, 2.75) is 52.4 Å². The zero-order valence-corrected chi connectivity index (χ0v) is 14.6. The number of carbonyl (C=O) groups excluding carboxylic acids is 2. The van der Waals surface area contributed by atoms with Crippen LogP contribution in [0.5, 0.6) is 0 Å². The first-order chi connectivity index (χ1) is 10.5. The third-order valence-electron chi connectivity index (χ3n) is 3.24. The van der Waals surface area contributed by atoms with Crippen LogP contribution in [0.1, 0.15) is 52.4 Å². The lowest BCUT2D eigenvalue weighted by Gasteiger charge is -2.28. The molecule has 0 N–H and O–H groups in total. The maximum Gasteiger partial charge on any atom is 0.307 e. The fourth-order valence-electron chi connectivity index (χ4n) is 1.76. The number of nitrogens with zero attached hydrogens (tertiary/aromatic N) is 2. The molecule has 0 unspecified atom stereocenters.